The SMILES string of the molecule is CC(C)N1CCN(c2cc3c(-c4c(Cl)cccc4Cl)c(=O)nc(-c4cc(Cl)c(-c5c(=O)ncn6nc(Cl)c(N7CCOCC7)cc56)c(Cl)c4)n3nc2Cl)CC1. The first-order valence-electron chi connectivity index (χ1n) is 17.4. The molecule has 6 aromatic rings. The lowest BCUT2D eigenvalue weighted by molar-refractivity contribution is 0.122. The van der Waals surface area contributed by atoms with Gasteiger partial charge in [-0.3, -0.25) is 14.5 Å². The van der Waals surface area contributed by atoms with Crippen LogP contribution in [0.4, 0.5) is 11.4 Å². The van der Waals surface area contributed by atoms with E-state index in [-0.39, 0.29) is 52.9 Å². The van der Waals surface area contributed by atoms with Crippen molar-refractivity contribution in [1.82, 2.24) is 34.1 Å². The maximum atomic E-state index is 14.2. The summed E-state index contributed by atoms with van der Waals surface area (Å²) in [7, 11) is 0. The van der Waals surface area contributed by atoms with Crippen molar-refractivity contribution >= 4 is 92.0 Å². The van der Waals surface area contributed by atoms with Crippen LogP contribution in [0, 0.1) is 0 Å². The largest absolute Gasteiger partial charge is 0.378 e. The highest BCUT2D eigenvalue weighted by molar-refractivity contribution is 6.40. The summed E-state index contributed by atoms with van der Waals surface area (Å²) in [6, 6.07) is 12.1. The van der Waals surface area contributed by atoms with Crippen LogP contribution in [0.2, 0.25) is 30.4 Å². The zero-order valence-corrected chi connectivity index (χ0v) is 33.9. The molecule has 12 nitrogen and oxygen atoms in total. The second-order valence-electron chi connectivity index (χ2n) is 13.4. The first-order chi connectivity index (χ1) is 26.4. The van der Waals surface area contributed by atoms with E-state index in [1.165, 1.54) is 15.4 Å². The van der Waals surface area contributed by atoms with Gasteiger partial charge < -0.3 is 14.5 Å². The van der Waals surface area contributed by atoms with Crippen LogP contribution in [0.1, 0.15) is 13.8 Å². The Labute approximate surface area is 344 Å². The van der Waals surface area contributed by atoms with Gasteiger partial charge in [0.2, 0.25) is 0 Å². The van der Waals surface area contributed by atoms with Crippen molar-refractivity contribution in [3.05, 3.63) is 99.9 Å². The first-order valence-corrected chi connectivity index (χ1v) is 19.7. The Morgan fingerprint density at radius 3 is 1.85 bits per heavy atom. The van der Waals surface area contributed by atoms with Gasteiger partial charge in [-0.05, 0) is 50.2 Å². The van der Waals surface area contributed by atoms with Crippen molar-refractivity contribution in [3.63, 3.8) is 0 Å². The lowest BCUT2D eigenvalue weighted by atomic mass is 10.0. The summed E-state index contributed by atoms with van der Waals surface area (Å²) in [6.07, 6.45) is 1.29. The Morgan fingerprint density at radius 1 is 0.655 bits per heavy atom. The van der Waals surface area contributed by atoms with Gasteiger partial charge >= 0.3 is 0 Å². The van der Waals surface area contributed by atoms with Crippen LogP contribution in [0.25, 0.3) is 44.7 Å². The quantitative estimate of drug-likeness (QED) is 0.165. The van der Waals surface area contributed by atoms with Crippen LogP contribution in [0.15, 0.2) is 58.4 Å². The summed E-state index contributed by atoms with van der Waals surface area (Å²) >= 11 is 41.0. The molecule has 18 heteroatoms. The normalized spacial score (nSPS) is 15.5. The van der Waals surface area contributed by atoms with Crippen molar-refractivity contribution in [2.45, 2.75) is 19.9 Å². The van der Waals surface area contributed by atoms with Gasteiger partial charge in [0.05, 0.1) is 66.8 Å². The number of ether oxygens (including phenoxy) is 1. The van der Waals surface area contributed by atoms with Crippen molar-refractivity contribution in [3.8, 4) is 33.6 Å². The van der Waals surface area contributed by atoms with E-state index in [4.69, 9.17) is 79.4 Å². The number of nitrogens with zero attached hydrogens (tertiary/aromatic N) is 9. The molecular formula is C37H31Cl6N9O3. The van der Waals surface area contributed by atoms with Crippen LogP contribution >= 0.6 is 69.6 Å². The van der Waals surface area contributed by atoms with Gasteiger partial charge in [-0.2, -0.15) is 20.2 Å². The number of halogens is 6. The predicted octanol–water partition coefficient (Wildman–Crippen LogP) is 7.78. The standard InChI is InChI=1S/C37H31Cl6N9O3/c1-19(2)48-6-8-49(9-7-48)28-17-26-32(29-21(38)4-3-5-22(29)39)37(54)45-35(52(26)47-34(28)43)20-14-23(40)30(24(41)15-20)31-25-16-27(50-10-12-55-13-11-50)33(42)46-51(25)18-44-36(31)53/h3-5,14-19H,6-13H2,1-2H3. The second-order valence-corrected chi connectivity index (χ2v) is 15.8. The lowest BCUT2D eigenvalue weighted by Gasteiger charge is -2.38. The molecule has 6 heterocycles. The summed E-state index contributed by atoms with van der Waals surface area (Å²) in [4.78, 5) is 42.8. The fourth-order valence-electron chi connectivity index (χ4n) is 7.16. The van der Waals surface area contributed by atoms with Crippen molar-refractivity contribution in [2.24, 2.45) is 0 Å². The highest BCUT2D eigenvalue weighted by atomic mass is 35.5. The minimum Gasteiger partial charge on any atom is -0.378 e. The molecule has 2 aliphatic rings. The summed E-state index contributed by atoms with van der Waals surface area (Å²) in [5.41, 5.74) is 1.94. The Balaban J connectivity index is 1.31. The van der Waals surface area contributed by atoms with Crippen molar-refractivity contribution in [2.75, 3.05) is 62.3 Å². The zero-order valence-electron chi connectivity index (χ0n) is 29.4. The molecular weight excluding hydrogens is 831 g/mol. The Hall–Kier alpha value is -3.72. The molecule has 0 saturated carbocycles. The second kappa shape index (κ2) is 15.3. The molecule has 0 bridgehead atoms. The molecule has 2 saturated heterocycles. The molecule has 284 valence electrons. The molecule has 4 aromatic heterocycles. The average molecular weight is 862 g/mol. The van der Waals surface area contributed by atoms with Gasteiger partial charge in [-0.25, -0.2) is 9.03 Å². The van der Waals surface area contributed by atoms with Crippen molar-refractivity contribution < 1.29 is 4.74 Å². The number of fused-ring (bicyclic) bond motifs is 2. The maximum absolute atomic E-state index is 14.2. The van der Waals surface area contributed by atoms with Gasteiger partial charge in [-0.1, -0.05) is 75.7 Å². The topological polar surface area (TPSA) is 113 Å². The van der Waals surface area contributed by atoms with E-state index in [1.807, 2.05) is 11.0 Å². The van der Waals surface area contributed by atoms with Crippen LogP contribution in [0.5, 0.6) is 0 Å². The van der Waals surface area contributed by atoms with E-state index in [2.05, 4.69) is 38.7 Å². The molecule has 2 aromatic carbocycles. The van der Waals surface area contributed by atoms with E-state index in [0.29, 0.717) is 79.0 Å². The lowest BCUT2D eigenvalue weighted by Crippen LogP contribution is -2.49. The van der Waals surface area contributed by atoms with Gasteiger partial charge in [0, 0.05) is 62.0 Å². The minimum atomic E-state index is -0.615. The number of hydrogen-bond acceptors (Lipinski definition) is 10. The molecule has 0 radical (unpaired) electrons. The zero-order chi connectivity index (χ0) is 38.7. The predicted molar refractivity (Wildman–Crippen MR) is 220 cm³/mol. The monoisotopic (exact) mass is 859 g/mol. The molecule has 2 fully saturated rings. The highest BCUT2D eigenvalue weighted by Gasteiger charge is 2.27. The molecule has 0 aliphatic carbocycles. The summed E-state index contributed by atoms with van der Waals surface area (Å²) in [5.74, 6) is 0.0937. The van der Waals surface area contributed by atoms with Gasteiger partial charge in [0.15, 0.2) is 16.1 Å². The van der Waals surface area contributed by atoms with Crippen LogP contribution in [-0.4, -0.2) is 92.6 Å². The molecule has 0 spiro atoms. The van der Waals surface area contributed by atoms with E-state index in [0.717, 1.165) is 13.1 Å². The molecule has 8 rings (SSSR count). The van der Waals surface area contributed by atoms with Crippen molar-refractivity contribution in [1.29, 1.82) is 0 Å². The van der Waals surface area contributed by atoms with Crippen LogP contribution in [0.3, 0.4) is 0 Å². The summed E-state index contributed by atoms with van der Waals surface area (Å²) < 4.78 is 8.37. The van der Waals surface area contributed by atoms with Gasteiger partial charge in [0.1, 0.15) is 6.33 Å². The number of rotatable bonds is 6. The minimum absolute atomic E-state index is 0.0873. The average Bonchev–Trinajstić information content (AvgIpc) is 3.16. The third-order valence-corrected chi connectivity index (χ3v) is 11.7. The molecule has 0 unspecified atom stereocenters. The van der Waals surface area contributed by atoms with E-state index < -0.39 is 11.1 Å². The number of morpholine rings is 1. The molecule has 0 atom stereocenters. The van der Waals surface area contributed by atoms with Crippen LogP contribution in [-0.2, 0) is 4.74 Å². The van der Waals surface area contributed by atoms with Gasteiger partial charge in [0.25, 0.3) is 11.1 Å². The number of aromatic nitrogens is 6. The fourth-order valence-corrected chi connectivity index (χ4v) is 8.93. The molecule has 55 heavy (non-hydrogen) atoms. The van der Waals surface area contributed by atoms with Crippen LogP contribution < -0.4 is 20.9 Å². The summed E-state index contributed by atoms with van der Waals surface area (Å²) in [5, 5.41) is 10.4. The third kappa shape index (κ3) is 7.01. The highest BCUT2D eigenvalue weighted by Crippen LogP contribution is 2.42. The fraction of sp³-hybridized carbons (Fsp3) is 0.297. The smallest absolute Gasteiger partial charge is 0.281 e. The van der Waals surface area contributed by atoms with Gasteiger partial charge in [-0.15, -0.1) is 0 Å². The van der Waals surface area contributed by atoms with E-state index >= 15 is 0 Å². The van der Waals surface area contributed by atoms with E-state index in [9.17, 15) is 9.59 Å². The third-order valence-electron chi connectivity index (χ3n) is 9.96. The maximum Gasteiger partial charge on any atom is 0.281 e. The Bertz CT molecular complexity index is 2580. The number of benzene rings is 2. The Kier molecular flexibility index (Phi) is 10.6. The first kappa shape index (κ1) is 38.2. The number of piperazine rings is 1. The van der Waals surface area contributed by atoms with E-state index in [1.54, 1.807) is 36.4 Å². The number of hydrogen-bond donors (Lipinski definition) is 0. The molecule has 2 aliphatic heterocycles. The molecule has 0 N–H and O–H groups in total. The Morgan fingerprint density at radius 2 is 1.22 bits per heavy atom. The number of anilines is 2. The summed E-state index contributed by atoms with van der Waals surface area (Å²) in [6.45, 7) is 9.61. The molecule has 0 amide bonds.